The van der Waals surface area contributed by atoms with Gasteiger partial charge >= 0.3 is 12.4 Å². The fourth-order valence-corrected chi connectivity index (χ4v) is 8.28. The molecule has 0 saturated carbocycles. The number of aliphatic hydroxyl groups excluding tert-OH is 1. The van der Waals surface area contributed by atoms with Crippen LogP contribution in [0.2, 0.25) is 0 Å². The number of nitrogens with zero attached hydrogens (tertiary/aromatic N) is 2. The third-order valence-corrected chi connectivity index (χ3v) is 11.8. The minimum absolute atomic E-state index is 0. The number of allylic oxidation sites excluding steroid dienone is 2. The van der Waals surface area contributed by atoms with Crippen LogP contribution in [0.4, 0.5) is 26.3 Å². The van der Waals surface area contributed by atoms with Crippen molar-refractivity contribution in [2.45, 2.75) is 106 Å². The molecule has 3 heterocycles. The second-order valence-electron chi connectivity index (χ2n) is 16.3. The number of pyridine rings is 1. The average Bonchev–Trinajstić information content (AvgIpc) is 3.67. The van der Waals surface area contributed by atoms with E-state index < -0.39 is 29.0 Å². The van der Waals surface area contributed by atoms with Gasteiger partial charge in [0.1, 0.15) is 5.41 Å². The monoisotopic (exact) mass is 982 g/mol. The molecule has 1 N–H and O–H groups in total. The molecule has 301 valence electrons. The summed E-state index contributed by atoms with van der Waals surface area (Å²) < 4.78 is 78.9. The van der Waals surface area contributed by atoms with Crippen molar-refractivity contribution in [3.05, 3.63) is 82.8 Å². The van der Waals surface area contributed by atoms with Crippen LogP contribution in [0.5, 0.6) is 0 Å². The van der Waals surface area contributed by atoms with Crippen molar-refractivity contribution in [3.63, 3.8) is 0 Å². The Morgan fingerprint density at radius 2 is 1.49 bits per heavy atom. The molecule has 0 aliphatic heterocycles. The fourth-order valence-electron chi connectivity index (χ4n) is 5.57. The summed E-state index contributed by atoms with van der Waals surface area (Å²) in [6.07, 6.45) is -4.81. The Labute approximate surface area is 340 Å². The third kappa shape index (κ3) is 10.1. The molecule has 55 heavy (non-hydrogen) atoms. The molecule has 0 aliphatic rings. The molecule has 1 radical (unpaired) electrons. The van der Waals surface area contributed by atoms with E-state index in [-0.39, 0.29) is 49.5 Å². The van der Waals surface area contributed by atoms with Gasteiger partial charge in [-0.25, -0.2) is 4.98 Å². The number of rotatable bonds is 8. The minimum Gasteiger partial charge on any atom is -0.512 e. The molecular weight excluding hydrogens is 935 g/mol. The molecule has 4 nitrogen and oxygen atoms in total. The zero-order chi connectivity index (χ0) is 40.8. The maximum atomic E-state index is 13.5. The number of ketones is 1. The van der Waals surface area contributed by atoms with E-state index in [1.165, 1.54) is 41.7 Å². The molecule has 5 aromatic rings. The van der Waals surface area contributed by atoms with Crippen LogP contribution in [0.15, 0.2) is 60.6 Å². The van der Waals surface area contributed by atoms with E-state index in [9.17, 15) is 36.2 Å². The van der Waals surface area contributed by atoms with E-state index in [1.54, 1.807) is 31.4 Å². The van der Waals surface area contributed by atoms with Crippen LogP contribution < -0.4 is 0 Å². The van der Waals surface area contributed by atoms with E-state index >= 15 is 0 Å². The van der Waals surface area contributed by atoms with Crippen molar-refractivity contribution in [1.82, 2.24) is 9.97 Å². The first-order valence-electron chi connectivity index (χ1n) is 17.6. The first kappa shape index (κ1) is 46.3. The number of carbonyl (C=O) groups excluding carboxylic acids is 1. The molecule has 0 bridgehead atoms. The number of fused-ring (bicyclic) bond motifs is 2. The molecule has 0 aliphatic carbocycles. The first-order valence-corrected chi connectivity index (χ1v) is 19.2. The van der Waals surface area contributed by atoms with Gasteiger partial charge in [0.05, 0.1) is 21.1 Å². The van der Waals surface area contributed by atoms with Gasteiger partial charge in [-0.2, -0.15) is 26.3 Å². The number of alkyl halides is 6. The van der Waals surface area contributed by atoms with Crippen LogP contribution in [0.3, 0.4) is 0 Å². The minimum atomic E-state index is -4.61. The number of halogens is 6. The maximum absolute atomic E-state index is 13.5. The maximum Gasteiger partial charge on any atom is 0.401 e. The summed E-state index contributed by atoms with van der Waals surface area (Å²) in [7, 11) is 0. The van der Waals surface area contributed by atoms with Gasteiger partial charge in [-0.05, 0) is 42.2 Å². The largest absolute Gasteiger partial charge is 0.512 e. The molecule has 0 amide bonds. The summed E-state index contributed by atoms with van der Waals surface area (Å²) in [6.45, 7) is 18.2. The third-order valence-electron chi connectivity index (χ3n) is 9.39. The predicted octanol–water partition coefficient (Wildman–Crippen LogP) is 13.8. The molecule has 2 aromatic carbocycles. The number of benzene rings is 2. The van der Waals surface area contributed by atoms with Crippen LogP contribution in [0.25, 0.3) is 41.9 Å². The zero-order valence-corrected chi connectivity index (χ0v) is 36.8. The Bertz CT molecular complexity index is 2170. The number of hydrogen-bond donors (Lipinski definition) is 1. The molecule has 0 unspecified atom stereocenters. The summed E-state index contributed by atoms with van der Waals surface area (Å²) in [4.78, 5) is 22.5. The standard InChI is InChI=1S/C32H32F3N2S2.C10H15F3O2.Ir/c1-18(2)26-22-12-13-36-27(20-14-19-10-8-9-11-21(19)23(15-20)30(3,4)5)28(22)39-29(26)24-17-37-25(38-24)16-31(6,7)32(33,34)35;1-6(2)7(14)5-8(15)9(3,4)10(11,12)13;/h8-13,15,17-18H,16H2,1-7H3;5-6,14H,1-4H3;/q-1;;/b;7-5-;. The topological polar surface area (TPSA) is 63.1 Å². The van der Waals surface area contributed by atoms with Crippen molar-refractivity contribution in [3.8, 4) is 21.0 Å². The summed E-state index contributed by atoms with van der Waals surface area (Å²) in [5.41, 5.74) is -0.113. The zero-order valence-electron chi connectivity index (χ0n) is 32.7. The van der Waals surface area contributed by atoms with Crippen LogP contribution >= 0.6 is 22.7 Å². The number of thiazole rings is 1. The van der Waals surface area contributed by atoms with Crippen LogP contribution in [-0.4, -0.2) is 33.2 Å². The number of aromatic nitrogens is 2. The van der Waals surface area contributed by atoms with Gasteiger partial charge in [-0.1, -0.05) is 91.5 Å². The Kier molecular flexibility index (Phi) is 14.1. The first-order chi connectivity index (χ1) is 24.7. The molecule has 0 fully saturated rings. The quantitative estimate of drug-likeness (QED) is 0.0728. The van der Waals surface area contributed by atoms with E-state index in [1.807, 2.05) is 12.3 Å². The summed E-state index contributed by atoms with van der Waals surface area (Å²) in [5, 5.41) is 13.1. The van der Waals surface area contributed by atoms with E-state index in [2.05, 4.69) is 76.0 Å². The summed E-state index contributed by atoms with van der Waals surface area (Å²) >= 11 is 3.00. The van der Waals surface area contributed by atoms with E-state index in [4.69, 9.17) is 4.98 Å². The second-order valence-corrected chi connectivity index (χ2v) is 18.5. The summed E-state index contributed by atoms with van der Waals surface area (Å²) in [5.74, 6) is -1.62. The van der Waals surface area contributed by atoms with E-state index in [0.717, 1.165) is 50.3 Å². The van der Waals surface area contributed by atoms with Gasteiger partial charge in [0.2, 0.25) is 0 Å². The van der Waals surface area contributed by atoms with Gasteiger partial charge in [0.25, 0.3) is 0 Å². The number of thiophene rings is 1. The predicted molar refractivity (Wildman–Crippen MR) is 209 cm³/mol. The van der Waals surface area contributed by atoms with Crippen molar-refractivity contribution >= 4 is 49.3 Å². The SMILES string of the molecule is CC(C)/C(O)=C/C(=O)C(C)(C)C(F)(F)F.CC(C)c1c(-c2cnc(CC(C)(C)C(F)(F)F)s2)sc2c(-c3[c-]c4ccccc4c(C(C)(C)C)c3)nccc12.[Ir]. The van der Waals surface area contributed by atoms with Gasteiger partial charge in [-0.15, -0.1) is 51.8 Å². The van der Waals surface area contributed by atoms with Crippen molar-refractivity contribution in [1.29, 1.82) is 0 Å². The average molecular weight is 982 g/mol. The van der Waals surface area contributed by atoms with Crippen LogP contribution in [-0.2, 0) is 36.7 Å². The molecule has 0 spiro atoms. The van der Waals surface area contributed by atoms with Crippen molar-refractivity contribution < 1.29 is 56.3 Å². The smallest absolute Gasteiger partial charge is 0.401 e. The molecule has 13 heteroatoms. The summed E-state index contributed by atoms with van der Waals surface area (Å²) in [6, 6.07) is 16.2. The molecule has 5 rings (SSSR count). The van der Waals surface area contributed by atoms with Crippen LogP contribution in [0, 0.1) is 22.8 Å². The van der Waals surface area contributed by atoms with Crippen molar-refractivity contribution in [2.75, 3.05) is 0 Å². The van der Waals surface area contributed by atoms with Gasteiger partial charge in [-0.3, -0.25) is 9.78 Å². The molecule has 3 aromatic heterocycles. The number of hydrogen-bond acceptors (Lipinski definition) is 6. The number of carbonyl (C=O) groups is 1. The Morgan fingerprint density at radius 1 is 0.873 bits per heavy atom. The molecule has 0 atom stereocenters. The van der Waals surface area contributed by atoms with Gasteiger partial charge < -0.3 is 5.11 Å². The van der Waals surface area contributed by atoms with Crippen LogP contribution in [0.1, 0.15) is 98.2 Å². The Morgan fingerprint density at radius 3 is 2.04 bits per heavy atom. The molecular formula is C42H47F6IrN2O2S2-. The fraction of sp³-hybridized carbons (Fsp3) is 0.452. The second kappa shape index (κ2) is 16.8. The molecule has 0 saturated heterocycles. The number of aliphatic hydroxyl groups is 1. The van der Waals surface area contributed by atoms with Gasteiger partial charge in [0, 0.05) is 66.2 Å². The van der Waals surface area contributed by atoms with E-state index in [0.29, 0.717) is 11.1 Å². The van der Waals surface area contributed by atoms with Gasteiger partial charge in [0.15, 0.2) is 5.78 Å². The Balaban J connectivity index is 0.000000433. The normalized spacial score (nSPS) is 13.3. The van der Waals surface area contributed by atoms with Crippen molar-refractivity contribution in [2.24, 2.45) is 16.7 Å². The Hall–Kier alpha value is -3.12.